The predicted molar refractivity (Wildman–Crippen MR) is 175 cm³/mol. The summed E-state index contributed by atoms with van der Waals surface area (Å²) < 4.78 is 63.1. The zero-order valence-electron chi connectivity index (χ0n) is 24.3. The monoisotopic (exact) mass is 708 g/mol. The lowest BCUT2D eigenvalue weighted by atomic mass is 9.72. The van der Waals surface area contributed by atoms with Gasteiger partial charge in [0.1, 0.15) is 0 Å². The Hall–Kier alpha value is -3.22. The van der Waals surface area contributed by atoms with Gasteiger partial charge in [-0.2, -0.15) is 13.2 Å². The highest BCUT2D eigenvalue weighted by atomic mass is 35.5. The third-order valence-electron chi connectivity index (χ3n) is 7.97. The van der Waals surface area contributed by atoms with Crippen LogP contribution in [0.15, 0.2) is 83.8 Å². The molecular weight excluding hydrogens is 680 g/mol. The number of amides is 2. The lowest BCUT2D eigenvalue weighted by Crippen LogP contribution is -2.52. The maximum absolute atomic E-state index is 13.8. The van der Waals surface area contributed by atoms with Crippen LogP contribution in [-0.4, -0.2) is 45.3 Å². The molecule has 242 valence electrons. The number of thiophene rings is 1. The van der Waals surface area contributed by atoms with Crippen LogP contribution in [0.25, 0.3) is 21.6 Å². The van der Waals surface area contributed by atoms with Gasteiger partial charge in [0.15, 0.2) is 9.84 Å². The van der Waals surface area contributed by atoms with Crippen molar-refractivity contribution in [3.63, 3.8) is 0 Å². The van der Waals surface area contributed by atoms with E-state index in [-0.39, 0.29) is 9.77 Å². The molecule has 0 radical (unpaired) electrons. The summed E-state index contributed by atoms with van der Waals surface area (Å²) in [5.41, 5.74) is 1.60. The summed E-state index contributed by atoms with van der Waals surface area (Å²) in [4.78, 5) is 28.1. The molecule has 46 heavy (non-hydrogen) atoms. The van der Waals surface area contributed by atoms with Crippen molar-refractivity contribution in [2.75, 3.05) is 18.8 Å². The molecule has 2 amide bonds. The molecule has 2 N–H and O–H groups in total. The van der Waals surface area contributed by atoms with Gasteiger partial charge < -0.3 is 5.32 Å². The first-order chi connectivity index (χ1) is 21.8. The SMILES string of the molecule is O=C(NC(=O)C1(c2ccccc2)CCNCC1)c1cc(-c2ccc(S(=O)(=O)CCCC(F)(F)F)cc2)c(-c2ccc(Cl)cc2Cl)s1. The molecule has 1 saturated heterocycles. The van der Waals surface area contributed by atoms with Crippen molar-refractivity contribution in [3.8, 4) is 21.6 Å². The van der Waals surface area contributed by atoms with E-state index in [1.807, 2.05) is 30.3 Å². The molecule has 0 aliphatic carbocycles. The first-order valence-corrected chi connectivity index (χ1v) is 17.6. The van der Waals surface area contributed by atoms with Gasteiger partial charge in [0.05, 0.1) is 26.0 Å². The number of carbonyl (C=O) groups is 2. The fourth-order valence-corrected chi connectivity index (χ4v) is 8.54. The molecule has 1 aliphatic rings. The zero-order chi connectivity index (χ0) is 33.1. The summed E-state index contributed by atoms with van der Waals surface area (Å²) in [5, 5.41) is 6.62. The van der Waals surface area contributed by atoms with Gasteiger partial charge in [-0.05, 0) is 73.8 Å². The van der Waals surface area contributed by atoms with E-state index in [0.717, 1.165) is 16.9 Å². The van der Waals surface area contributed by atoms with Gasteiger partial charge in [-0.25, -0.2) is 8.42 Å². The van der Waals surface area contributed by atoms with Gasteiger partial charge in [0, 0.05) is 27.4 Å². The highest BCUT2D eigenvalue weighted by Crippen LogP contribution is 2.43. The number of rotatable bonds is 9. The average molecular weight is 710 g/mol. The minimum Gasteiger partial charge on any atom is -0.317 e. The number of halogens is 5. The van der Waals surface area contributed by atoms with Gasteiger partial charge >= 0.3 is 6.18 Å². The fraction of sp³-hybridized carbons (Fsp3) is 0.273. The van der Waals surface area contributed by atoms with E-state index >= 15 is 0 Å². The molecule has 5 rings (SSSR count). The van der Waals surface area contributed by atoms with E-state index < -0.39 is 51.8 Å². The van der Waals surface area contributed by atoms with Crippen LogP contribution >= 0.6 is 34.5 Å². The summed E-state index contributed by atoms with van der Waals surface area (Å²) in [6.07, 6.45) is -5.15. The summed E-state index contributed by atoms with van der Waals surface area (Å²) in [5.74, 6) is -1.63. The summed E-state index contributed by atoms with van der Waals surface area (Å²) >= 11 is 13.8. The molecule has 2 heterocycles. The second-order valence-electron chi connectivity index (χ2n) is 11.0. The Bertz CT molecular complexity index is 1840. The molecule has 0 atom stereocenters. The van der Waals surface area contributed by atoms with Crippen LogP contribution in [0.1, 0.15) is 40.9 Å². The third kappa shape index (κ3) is 7.66. The molecule has 1 fully saturated rings. The maximum Gasteiger partial charge on any atom is 0.389 e. The van der Waals surface area contributed by atoms with E-state index in [0.29, 0.717) is 57.5 Å². The third-order valence-corrected chi connectivity index (χ3v) is 11.5. The van der Waals surface area contributed by atoms with Gasteiger partial charge in [0.2, 0.25) is 5.91 Å². The summed E-state index contributed by atoms with van der Waals surface area (Å²) in [6, 6.07) is 21.6. The largest absolute Gasteiger partial charge is 0.389 e. The highest BCUT2D eigenvalue weighted by molar-refractivity contribution is 7.91. The Morgan fingerprint density at radius 3 is 2.22 bits per heavy atom. The Balaban J connectivity index is 1.47. The molecular formula is C33H29Cl2F3N2O4S2. The van der Waals surface area contributed by atoms with Crippen molar-refractivity contribution in [1.29, 1.82) is 0 Å². The van der Waals surface area contributed by atoms with Crippen molar-refractivity contribution in [2.24, 2.45) is 0 Å². The van der Waals surface area contributed by atoms with E-state index in [4.69, 9.17) is 23.2 Å². The van der Waals surface area contributed by atoms with Crippen molar-refractivity contribution in [1.82, 2.24) is 10.6 Å². The van der Waals surface area contributed by atoms with Gasteiger partial charge in [0.25, 0.3) is 5.91 Å². The van der Waals surface area contributed by atoms with Crippen LogP contribution in [0, 0.1) is 0 Å². The summed E-state index contributed by atoms with van der Waals surface area (Å²) in [6.45, 7) is 1.24. The van der Waals surface area contributed by atoms with Crippen LogP contribution < -0.4 is 10.6 Å². The van der Waals surface area contributed by atoms with Crippen molar-refractivity contribution >= 4 is 56.2 Å². The smallest absolute Gasteiger partial charge is 0.317 e. The Morgan fingerprint density at radius 1 is 0.913 bits per heavy atom. The summed E-state index contributed by atoms with van der Waals surface area (Å²) in [7, 11) is -3.96. The van der Waals surface area contributed by atoms with Gasteiger partial charge in [-0.3, -0.25) is 14.9 Å². The van der Waals surface area contributed by atoms with Crippen molar-refractivity contribution in [3.05, 3.63) is 99.3 Å². The molecule has 1 aliphatic heterocycles. The number of hydrogen-bond donors (Lipinski definition) is 2. The standard InChI is InChI=1S/C33H29Cl2F3N2O4S2/c34-23-9-12-25(27(35)19-23)29-26(21-7-10-24(11-8-21)46(43,44)18-4-13-33(36,37)38)20-28(45-29)30(41)40-31(42)32(14-16-39-17-15-32)22-5-2-1-3-6-22/h1-3,5-12,19-20,39H,4,13-18H2,(H,40,41,42). The Labute approximate surface area is 278 Å². The lowest BCUT2D eigenvalue weighted by Gasteiger charge is -2.36. The second-order valence-corrected chi connectivity index (χ2v) is 15.0. The topological polar surface area (TPSA) is 92.3 Å². The van der Waals surface area contributed by atoms with Crippen LogP contribution in [0.2, 0.25) is 10.0 Å². The van der Waals surface area contributed by atoms with Crippen LogP contribution in [0.3, 0.4) is 0 Å². The average Bonchev–Trinajstić information content (AvgIpc) is 3.46. The molecule has 0 unspecified atom stereocenters. The normalized spacial score (nSPS) is 15.0. The first kappa shape index (κ1) is 34.1. The Kier molecular flexibility index (Phi) is 10.3. The minimum absolute atomic E-state index is 0.114. The van der Waals surface area contributed by atoms with E-state index in [1.165, 1.54) is 24.3 Å². The molecule has 0 spiro atoms. The van der Waals surface area contributed by atoms with E-state index in [1.54, 1.807) is 24.3 Å². The van der Waals surface area contributed by atoms with Crippen molar-refractivity contribution < 1.29 is 31.2 Å². The number of sulfone groups is 1. The number of piperidine rings is 1. The van der Waals surface area contributed by atoms with E-state index in [2.05, 4.69) is 10.6 Å². The second kappa shape index (κ2) is 13.9. The fourth-order valence-electron chi connectivity index (χ4n) is 5.56. The van der Waals surface area contributed by atoms with E-state index in [9.17, 15) is 31.2 Å². The molecule has 1 aromatic heterocycles. The molecule has 6 nitrogen and oxygen atoms in total. The molecule has 0 saturated carbocycles. The Morgan fingerprint density at radius 2 is 1.59 bits per heavy atom. The minimum atomic E-state index is -4.44. The first-order valence-electron chi connectivity index (χ1n) is 14.4. The number of hydrogen-bond acceptors (Lipinski definition) is 6. The van der Waals surface area contributed by atoms with Gasteiger partial charge in [-0.1, -0.05) is 71.7 Å². The molecule has 4 aromatic rings. The number of imide groups is 1. The number of nitrogens with one attached hydrogen (secondary N) is 2. The molecule has 13 heteroatoms. The zero-order valence-corrected chi connectivity index (χ0v) is 27.4. The van der Waals surface area contributed by atoms with Gasteiger partial charge in [-0.15, -0.1) is 11.3 Å². The molecule has 3 aromatic carbocycles. The van der Waals surface area contributed by atoms with Crippen LogP contribution in [0.4, 0.5) is 13.2 Å². The number of carbonyl (C=O) groups excluding carboxylic acids is 2. The number of alkyl halides is 3. The molecule has 0 bridgehead atoms. The maximum atomic E-state index is 13.8. The van der Waals surface area contributed by atoms with Crippen LogP contribution in [-0.2, 0) is 20.0 Å². The number of benzene rings is 3. The van der Waals surface area contributed by atoms with Crippen molar-refractivity contribution in [2.45, 2.75) is 42.2 Å². The quantitative estimate of drug-likeness (QED) is 0.172. The highest BCUT2D eigenvalue weighted by Gasteiger charge is 2.42. The predicted octanol–water partition coefficient (Wildman–Crippen LogP) is 8.08. The lowest BCUT2D eigenvalue weighted by molar-refractivity contribution is -0.134. The van der Waals surface area contributed by atoms with Crippen LogP contribution in [0.5, 0.6) is 0 Å².